The average molecular weight is 630 g/mol. The van der Waals surface area contributed by atoms with Crippen molar-refractivity contribution >= 4 is 56.3 Å². The molecule has 4 heteroatoms. The summed E-state index contributed by atoms with van der Waals surface area (Å²) in [4.78, 5) is 9.28. The van der Waals surface area contributed by atoms with Crippen molar-refractivity contribution in [3.63, 3.8) is 0 Å². The van der Waals surface area contributed by atoms with E-state index in [1.807, 2.05) is 30.3 Å². The molecule has 0 spiro atoms. The number of hydrogen-bond acceptors (Lipinski definition) is 2. The van der Waals surface area contributed by atoms with Gasteiger partial charge in [-0.05, 0) is 65.4 Å². The molecule has 9 aromatic rings. The highest BCUT2D eigenvalue weighted by atomic mass is 16.3. The van der Waals surface area contributed by atoms with Gasteiger partial charge in [-0.2, -0.15) is 0 Å². The van der Waals surface area contributed by atoms with E-state index in [9.17, 15) is 0 Å². The number of rotatable bonds is 6. The maximum atomic E-state index is 6.25. The van der Waals surface area contributed by atoms with Gasteiger partial charge in [0.1, 0.15) is 11.2 Å². The van der Waals surface area contributed by atoms with E-state index in [-0.39, 0.29) is 0 Å². The first-order chi connectivity index (χ1) is 24.3. The molecular weight excluding hydrogens is 599 g/mol. The van der Waals surface area contributed by atoms with Crippen LogP contribution in [-0.2, 0) is 6.54 Å². The molecule has 0 bridgehead atoms. The highest BCUT2D eigenvalue weighted by Gasteiger charge is 2.19. The first-order valence-corrected chi connectivity index (χ1v) is 16.5. The highest BCUT2D eigenvalue weighted by molar-refractivity contribution is 6.15. The molecule has 4 nitrogen and oxygen atoms in total. The van der Waals surface area contributed by atoms with Gasteiger partial charge in [-0.25, -0.2) is 4.99 Å². The summed E-state index contributed by atoms with van der Waals surface area (Å²) in [6.07, 6.45) is 0. The summed E-state index contributed by atoms with van der Waals surface area (Å²) >= 11 is 0. The average Bonchev–Trinajstić information content (AvgIpc) is 3.71. The zero-order valence-electron chi connectivity index (χ0n) is 26.8. The van der Waals surface area contributed by atoms with Crippen LogP contribution in [0.5, 0.6) is 0 Å². The number of fused-ring (bicyclic) bond motifs is 6. The number of aliphatic imine (C=N–C) groups is 2. The Morgan fingerprint density at radius 1 is 0.551 bits per heavy atom. The minimum Gasteiger partial charge on any atom is -0.456 e. The van der Waals surface area contributed by atoms with Gasteiger partial charge >= 0.3 is 0 Å². The Bertz CT molecular complexity index is 2700. The highest BCUT2D eigenvalue weighted by Crippen LogP contribution is 2.41. The maximum absolute atomic E-state index is 6.25. The number of para-hydroxylation sites is 2. The van der Waals surface area contributed by atoms with E-state index >= 15 is 0 Å². The molecule has 0 atom stereocenters. The van der Waals surface area contributed by atoms with Crippen LogP contribution in [0.3, 0.4) is 0 Å². The largest absolute Gasteiger partial charge is 0.456 e. The zero-order chi connectivity index (χ0) is 32.7. The third kappa shape index (κ3) is 4.93. The fraction of sp³-hybridized carbons (Fsp3) is 0.0222. The van der Waals surface area contributed by atoms with Crippen molar-refractivity contribution in [2.75, 3.05) is 0 Å². The van der Waals surface area contributed by atoms with Crippen molar-refractivity contribution in [1.29, 1.82) is 0 Å². The summed E-state index contributed by atoms with van der Waals surface area (Å²) in [5.41, 5.74) is 11.7. The minimum absolute atomic E-state index is 0.530. The quantitative estimate of drug-likeness (QED) is 0.133. The van der Waals surface area contributed by atoms with E-state index < -0.39 is 0 Å². The number of hydrogen-bond donors (Lipinski definition) is 0. The van der Waals surface area contributed by atoms with E-state index in [1.165, 1.54) is 10.8 Å². The second-order valence-corrected chi connectivity index (χ2v) is 12.2. The first kappa shape index (κ1) is 28.7. The predicted octanol–water partition coefficient (Wildman–Crippen LogP) is 11.7. The van der Waals surface area contributed by atoms with E-state index in [2.05, 4.69) is 150 Å². The normalized spacial score (nSPS) is 12.0. The molecule has 2 aromatic heterocycles. The molecule has 0 aliphatic carbocycles. The molecule has 0 fully saturated rings. The number of nitrogens with zero attached hydrogens (tertiary/aromatic N) is 3. The topological polar surface area (TPSA) is 42.8 Å². The number of furan rings is 1. The Kier molecular flexibility index (Phi) is 6.98. The van der Waals surface area contributed by atoms with Gasteiger partial charge in [-0.3, -0.25) is 4.99 Å². The summed E-state index contributed by atoms with van der Waals surface area (Å²) < 4.78 is 8.63. The molecule has 0 saturated carbocycles. The van der Waals surface area contributed by atoms with Gasteiger partial charge in [0.05, 0.1) is 23.3 Å². The molecule has 7 aromatic carbocycles. The van der Waals surface area contributed by atoms with Crippen LogP contribution in [0, 0.1) is 0 Å². The monoisotopic (exact) mass is 629 g/mol. The van der Waals surface area contributed by atoms with Crippen molar-refractivity contribution < 1.29 is 4.42 Å². The van der Waals surface area contributed by atoms with Crippen LogP contribution in [0.2, 0.25) is 0 Å². The second kappa shape index (κ2) is 11.9. The molecule has 0 radical (unpaired) electrons. The summed E-state index contributed by atoms with van der Waals surface area (Å²) in [6.45, 7) is 4.43. The lowest BCUT2D eigenvalue weighted by molar-refractivity contribution is 0.669. The van der Waals surface area contributed by atoms with Gasteiger partial charge in [0.15, 0.2) is 5.84 Å². The van der Waals surface area contributed by atoms with Crippen LogP contribution in [0.25, 0.3) is 71.7 Å². The predicted molar refractivity (Wildman–Crippen MR) is 205 cm³/mol. The van der Waals surface area contributed by atoms with Crippen LogP contribution in [0.4, 0.5) is 0 Å². The third-order valence-corrected chi connectivity index (χ3v) is 9.37. The Labute approximate surface area is 283 Å². The second-order valence-electron chi connectivity index (χ2n) is 12.2. The standard InChI is InChI=1S/C45H31N3O/c1-46-45(47-29-30-13-4-2-5-14-30)33-23-25-34(31-15-6-3-7-16-31)41(28-33)48-39-20-10-8-17-36(39)38-27-32(24-26-40(38)48)35-19-12-22-43-44(35)37-18-9-11-21-42(37)49-43/h2-28H,1,29H2/b47-45-. The summed E-state index contributed by atoms with van der Waals surface area (Å²) in [6, 6.07) is 57.4. The fourth-order valence-corrected chi connectivity index (χ4v) is 7.11. The molecule has 0 amide bonds. The lowest BCUT2D eigenvalue weighted by Crippen LogP contribution is -2.03. The van der Waals surface area contributed by atoms with Crippen molar-refractivity contribution in [1.82, 2.24) is 4.57 Å². The van der Waals surface area contributed by atoms with Crippen LogP contribution in [-0.4, -0.2) is 17.1 Å². The van der Waals surface area contributed by atoms with E-state index in [1.54, 1.807) is 0 Å². The van der Waals surface area contributed by atoms with Crippen LogP contribution < -0.4 is 0 Å². The van der Waals surface area contributed by atoms with E-state index in [0.717, 1.165) is 72.0 Å². The maximum Gasteiger partial charge on any atom is 0.154 e. The SMILES string of the molecule is C=N/C(=N\Cc1ccccc1)c1ccc(-c2ccccc2)c(-n2c3ccccc3c3cc(-c4cccc5oc6ccccc6c45)ccc32)c1. The van der Waals surface area contributed by atoms with Crippen molar-refractivity contribution in [2.24, 2.45) is 9.98 Å². The van der Waals surface area contributed by atoms with Crippen LogP contribution in [0.15, 0.2) is 178 Å². The molecule has 0 saturated heterocycles. The number of benzene rings is 7. The molecule has 0 unspecified atom stereocenters. The first-order valence-electron chi connectivity index (χ1n) is 16.5. The molecule has 2 heterocycles. The molecule has 9 rings (SSSR count). The fourth-order valence-electron chi connectivity index (χ4n) is 7.11. The molecular formula is C45H31N3O. The van der Waals surface area contributed by atoms with Gasteiger partial charge in [0.25, 0.3) is 0 Å². The molecule has 49 heavy (non-hydrogen) atoms. The molecule has 0 aliphatic rings. The Balaban J connectivity index is 1.27. The van der Waals surface area contributed by atoms with Crippen molar-refractivity contribution in [3.8, 4) is 27.9 Å². The Hall–Kier alpha value is -6.52. The molecule has 0 aliphatic heterocycles. The Morgan fingerprint density at radius 2 is 1.27 bits per heavy atom. The van der Waals surface area contributed by atoms with Crippen molar-refractivity contribution in [2.45, 2.75) is 6.54 Å². The lowest BCUT2D eigenvalue weighted by Gasteiger charge is -2.16. The number of aromatic nitrogens is 1. The van der Waals surface area contributed by atoms with Gasteiger partial charge < -0.3 is 8.98 Å². The zero-order valence-corrected chi connectivity index (χ0v) is 26.8. The smallest absolute Gasteiger partial charge is 0.154 e. The number of amidine groups is 1. The van der Waals surface area contributed by atoms with Crippen LogP contribution >= 0.6 is 0 Å². The van der Waals surface area contributed by atoms with Crippen molar-refractivity contribution in [3.05, 3.63) is 175 Å². The lowest BCUT2D eigenvalue weighted by atomic mass is 9.98. The summed E-state index contributed by atoms with van der Waals surface area (Å²) in [5.74, 6) is 0.619. The van der Waals surface area contributed by atoms with Gasteiger partial charge in [-0.1, -0.05) is 127 Å². The van der Waals surface area contributed by atoms with E-state index in [0.29, 0.717) is 12.4 Å². The Morgan fingerprint density at radius 3 is 2.10 bits per heavy atom. The molecule has 232 valence electrons. The van der Waals surface area contributed by atoms with Gasteiger partial charge in [0.2, 0.25) is 0 Å². The van der Waals surface area contributed by atoms with Gasteiger partial charge in [0, 0.05) is 32.7 Å². The summed E-state index contributed by atoms with van der Waals surface area (Å²) in [5, 5.41) is 4.63. The van der Waals surface area contributed by atoms with E-state index in [4.69, 9.17) is 9.41 Å². The van der Waals surface area contributed by atoms with Gasteiger partial charge in [-0.15, -0.1) is 0 Å². The molecule has 0 N–H and O–H groups in total. The third-order valence-electron chi connectivity index (χ3n) is 9.37. The van der Waals surface area contributed by atoms with Crippen LogP contribution in [0.1, 0.15) is 11.1 Å². The minimum atomic E-state index is 0.530. The summed E-state index contributed by atoms with van der Waals surface area (Å²) in [7, 11) is 0.